The number of likely N-dealkylation sites (N-methyl/N-ethyl adjacent to an activating group) is 1. The standard InChI is InChI=1S/C14H23N5S/c1-9-10(2)17-18-13(11(9)12(15)20)16-8-14(19(3)4)6-5-7-14/h5-8H2,1-4H3,(H2,15,20)(H,16,18). The van der Waals surface area contributed by atoms with Crippen LogP contribution in [0, 0.1) is 13.8 Å². The van der Waals surface area contributed by atoms with Gasteiger partial charge in [0.1, 0.15) is 4.99 Å². The summed E-state index contributed by atoms with van der Waals surface area (Å²) < 4.78 is 0. The maximum Gasteiger partial charge on any atom is 0.159 e. The van der Waals surface area contributed by atoms with Crippen LogP contribution in [-0.4, -0.2) is 46.3 Å². The van der Waals surface area contributed by atoms with Gasteiger partial charge in [-0.2, -0.15) is 5.10 Å². The molecule has 0 bridgehead atoms. The molecule has 5 nitrogen and oxygen atoms in total. The second-order valence-electron chi connectivity index (χ2n) is 5.82. The van der Waals surface area contributed by atoms with E-state index in [2.05, 4.69) is 34.5 Å². The number of hydrogen-bond acceptors (Lipinski definition) is 5. The lowest BCUT2D eigenvalue weighted by Crippen LogP contribution is -2.54. The number of anilines is 1. The lowest BCUT2D eigenvalue weighted by Gasteiger charge is -2.47. The second-order valence-corrected chi connectivity index (χ2v) is 6.26. The van der Waals surface area contributed by atoms with E-state index < -0.39 is 0 Å². The van der Waals surface area contributed by atoms with Gasteiger partial charge in [-0.3, -0.25) is 0 Å². The van der Waals surface area contributed by atoms with Gasteiger partial charge in [0, 0.05) is 12.1 Å². The molecule has 20 heavy (non-hydrogen) atoms. The van der Waals surface area contributed by atoms with E-state index in [0.717, 1.165) is 23.4 Å². The number of thiocarbonyl (C=S) groups is 1. The Labute approximate surface area is 125 Å². The predicted molar refractivity (Wildman–Crippen MR) is 86.2 cm³/mol. The molecule has 1 aromatic rings. The number of nitrogens with one attached hydrogen (secondary N) is 1. The van der Waals surface area contributed by atoms with Gasteiger partial charge in [-0.25, -0.2) is 0 Å². The fourth-order valence-electron chi connectivity index (χ4n) is 2.65. The molecule has 0 aliphatic heterocycles. The fourth-order valence-corrected chi connectivity index (χ4v) is 2.90. The first-order valence-corrected chi connectivity index (χ1v) is 7.33. The summed E-state index contributed by atoms with van der Waals surface area (Å²) in [6.07, 6.45) is 3.68. The Hall–Kier alpha value is -1.27. The van der Waals surface area contributed by atoms with Crippen molar-refractivity contribution in [1.29, 1.82) is 0 Å². The van der Waals surface area contributed by atoms with Crippen LogP contribution in [-0.2, 0) is 0 Å². The Morgan fingerprint density at radius 1 is 1.35 bits per heavy atom. The molecule has 1 aliphatic carbocycles. The van der Waals surface area contributed by atoms with Gasteiger partial charge in [-0.05, 0) is 52.8 Å². The van der Waals surface area contributed by atoms with E-state index in [4.69, 9.17) is 18.0 Å². The van der Waals surface area contributed by atoms with Gasteiger partial charge >= 0.3 is 0 Å². The van der Waals surface area contributed by atoms with E-state index in [0.29, 0.717) is 10.8 Å². The van der Waals surface area contributed by atoms with Crippen molar-refractivity contribution in [2.24, 2.45) is 5.73 Å². The molecule has 0 unspecified atom stereocenters. The highest BCUT2D eigenvalue weighted by atomic mass is 32.1. The third-order valence-corrected chi connectivity index (χ3v) is 4.72. The Bertz CT molecular complexity index is 523. The molecule has 0 radical (unpaired) electrons. The maximum absolute atomic E-state index is 5.84. The highest BCUT2D eigenvalue weighted by molar-refractivity contribution is 7.80. The minimum Gasteiger partial charge on any atom is -0.389 e. The molecule has 0 saturated heterocycles. The summed E-state index contributed by atoms with van der Waals surface area (Å²) in [7, 11) is 4.25. The Balaban J connectivity index is 2.22. The van der Waals surface area contributed by atoms with Gasteiger partial charge < -0.3 is 16.0 Å². The van der Waals surface area contributed by atoms with Crippen molar-refractivity contribution < 1.29 is 0 Å². The van der Waals surface area contributed by atoms with Crippen LogP contribution in [0.4, 0.5) is 5.82 Å². The van der Waals surface area contributed by atoms with Crippen LogP contribution in [0.15, 0.2) is 0 Å². The van der Waals surface area contributed by atoms with Crippen LogP contribution in [0.25, 0.3) is 0 Å². The lowest BCUT2D eigenvalue weighted by molar-refractivity contribution is 0.0738. The molecule has 2 rings (SSSR count). The van der Waals surface area contributed by atoms with Crippen LogP contribution in [0.3, 0.4) is 0 Å². The number of nitrogens with zero attached hydrogens (tertiary/aromatic N) is 3. The van der Waals surface area contributed by atoms with Gasteiger partial charge in [0.05, 0.1) is 11.3 Å². The smallest absolute Gasteiger partial charge is 0.159 e. The number of aryl methyl sites for hydroxylation is 1. The number of hydrogen-bond donors (Lipinski definition) is 2. The normalized spacial score (nSPS) is 16.9. The van der Waals surface area contributed by atoms with Crippen LogP contribution < -0.4 is 11.1 Å². The van der Waals surface area contributed by atoms with Crippen molar-refractivity contribution in [2.45, 2.75) is 38.6 Å². The van der Waals surface area contributed by atoms with Crippen LogP contribution in [0.2, 0.25) is 0 Å². The van der Waals surface area contributed by atoms with E-state index in [1.54, 1.807) is 0 Å². The third kappa shape index (κ3) is 2.62. The van der Waals surface area contributed by atoms with Crippen molar-refractivity contribution in [3.8, 4) is 0 Å². The molecule has 0 spiro atoms. The molecule has 1 heterocycles. The molecule has 3 N–H and O–H groups in total. The van der Waals surface area contributed by atoms with Crippen LogP contribution in [0.5, 0.6) is 0 Å². The lowest BCUT2D eigenvalue weighted by atomic mass is 9.75. The first-order valence-electron chi connectivity index (χ1n) is 6.92. The van der Waals surface area contributed by atoms with Gasteiger partial charge in [0.15, 0.2) is 5.82 Å². The van der Waals surface area contributed by atoms with E-state index in [9.17, 15) is 0 Å². The molecular formula is C14H23N5S. The molecule has 0 atom stereocenters. The summed E-state index contributed by atoms with van der Waals surface area (Å²) in [6.45, 7) is 4.74. The Kier molecular flexibility index (Phi) is 4.25. The highest BCUT2D eigenvalue weighted by Gasteiger charge is 2.39. The molecule has 1 aromatic heterocycles. The average molecular weight is 293 g/mol. The predicted octanol–water partition coefficient (Wildman–Crippen LogP) is 1.62. The fraction of sp³-hybridized carbons (Fsp3) is 0.643. The average Bonchev–Trinajstić information content (AvgIpc) is 2.31. The summed E-state index contributed by atoms with van der Waals surface area (Å²) in [4.78, 5) is 2.66. The minimum absolute atomic E-state index is 0.216. The van der Waals surface area contributed by atoms with Crippen LogP contribution >= 0.6 is 12.2 Å². The van der Waals surface area contributed by atoms with Gasteiger partial charge in [0.2, 0.25) is 0 Å². The molecule has 0 amide bonds. The van der Waals surface area contributed by atoms with Gasteiger partial charge in [-0.1, -0.05) is 12.2 Å². The highest BCUT2D eigenvalue weighted by Crippen LogP contribution is 2.36. The van der Waals surface area contributed by atoms with Crippen molar-refractivity contribution in [3.05, 3.63) is 16.8 Å². The minimum atomic E-state index is 0.216. The second kappa shape index (κ2) is 5.61. The van der Waals surface area contributed by atoms with E-state index >= 15 is 0 Å². The third-order valence-electron chi connectivity index (χ3n) is 4.52. The summed E-state index contributed by atoms with van der Waals surface area (Å²) in [5.74, 6) is 0.703. The molecule has 1 fully saturated rings. The number of nitrogens with two attached hydrogens (primary N) is 1. The van der Waals surface area contributed by atoms with Gasteiger partial charge in [-0.15, -0.1) is 5.10 Å². The molecule has 0 aromatic carbocycles. The zero-order chi connectivity index (χ0) is 14.9. The van der Waals surface area contributed by atoms with E-state index in [-0.39, 0.29) is 5.54 Å². The molecular weight excluding hydrogens is 270 g/mol. The van der Waals surface area contributed by atoms with Crippen molar-refractivity contribution in [3.63, 3.8) is 0 Å². The van der Waals surface area contributed by atoms with Gasteiger partial charge in [0.25, 0.3) is 0 Å². The van der Waals surface area contributed by atoms with Crippen molar-refractivity contribution >= 4 is 23.0 Å². The maximum atomic E-state index is 5.84. The number of rotatable bonds is 5. The number of aromatic nitrogens is 2. The first kappa shape index (κ1) is 15.1. The summed E-state index contributed by atoms with van der Waals surface area (Å²) in [6, 6.07) is 0. The zero-order valence-electron chi connectivity index (χ0n) is 12.7. The van der Waals surface area contributed by atoms with Crippen molar-refractivity contribution in [1.82, 2.24) is 15.1 Å². The van der Waals surface area contributed by atoms with E-state index in [1.807, 2.05) is 13.8 Å². The molecule has 1 aliphatic rings. The largest absolute Gasteiger partial charge is 0.389 e. The summed E-state index contributed by atoms with van der Waals surface area (Å²) in [5, 5.41) is 11.8. The Morgan fingerprint density at radius 2 is 2.00 bits per heavy atom. The summed E-state index contributed by atoms with van der Waals surface area (Å²) in [5.41, 5.74) is 8.75. The molecule has 6 heteroatoms. The quantitative estimate of drug-likeness (QED) is 0.804. The Morgan fingerprint density at radius 3 is 2.45 bits per heavy atom. The molecule has 1 saturated carbocycles. The topological polar surface area (TPSA) is 67.1 Å². The first-order chi connectivity index (χ1) is 9.37. The van der Waals surface area contributed by atoms with Crippen molar-refractivity contribution in [2.75, 3.05) is 26.0 Å². The van der Waals surface area contributed by atoms with Crippen LogP contribution in [0.1, 0.15) is 36.1 Å². The van der Waals surface area contributed by atoms with E-state index in [1.165, 1.54) is 19.3 Å². The monoisotopic (exact) mass is 293 g/mol. The molecule has 110 valence electrons. The SMILES string of the molecule is Cc1nnc(NCC2(N(C)C)CCC2)c(C(N)=S)c1C. The summed E-state index contributed by atoms with van der Waals surface area (Å²) >= 11 is 5.16. The zero-order valence-corrected chi connectivity index (χ0v) is 13.5.